The van der Waals surface area contributed by atoms with Crippen molar-refractivity contribution in [2.45, 2.75) is 43.4 Å². The second-order valence-electron chi connectivity index (χ2n) is 5.88. The van der Waals surface area contributed by atoms with Crippen molar-refractivity contribution in [2.24, 2.45) is 0 Å². The van der Waals surface area contributed by atoms with Crippen LogP contribution in [0.5, 0.6) is 0 Å². The molecule has 4 rings (SSSR count). The van der Waals surface area contributed by atoms with Gasteiger partial charge < -0.3 is 0 Å². The molecular weight excluding hydrogens is 344 g/mol. The highest BCUT2D eigenvalue weighted by atomic mass is 35.5. The van der Waals surface area contributed by atoms with Gasteiger partial charge in [0.2, 0.25) is 0 Å². The van der Waals surface area contributed by atoms with Crippen LogP contribution < -0.4 is 0 Å². The summed E-state index contributed by atoms with van der Waals surface area (Å²) >= 11 is 9.65. The smallest absolute Gasteiger partial charge is 0.128 e. The fourth-order valence-electron chi connectivity index (χ4n) is 3.06. The van der Waals surface area contributed by atoms with Crippen molar-refractivity contribution in [3.8, 4) is 0 Å². The molecule has 0 unspecified atom stereocenters. The molecule has 0 saturated heterocycles. The Balaban J connectivity index is 1.70. The summed E-state index contributed by atoms with van der Waals surface area (Å²) in [5.41, 5.74) is 2.78. The number of fused-ring (bicyclic) bond motifs is 3. The lowest BCUT2D eigenvalue weighted by Gasteiger charge is -2.11. The van der Waals surface area contributed by atoms with E-state index in [1.165, 1.54) is 51.9 Å². The van der Waals surface area contributed by atoms with Crippen LogP contribution in [0.1, 0.15) is 34.7 Å². The molecule has 23 heavy (non-hydrogen) atoms. The van der Waals surface area contributed by atoms with Gasteiger partial charge in [0, 0.05) is 21.0 Å². The first-order chi connectivity index (χ1) is 11.2. The third-order valence-electron chi connectivity index (χ3n) is 4.18. The molecule has 0 spiro atoms. The number of benzene rings is 1. The van der Waals surface area contributed by atoms with Gasteiger partial charge in [-0.25, -0.2) is 9.97 Å². The first kappa shape index (κ1) is 15.4. The number of rotatable bonds is 3. The summed E-state index contributed by atoms with van der Waals surface area (Å²) in [5, 5.41) is 3.24. The van der Waals surface area contributed by atoms with Crippen LogP contribution in [0.3, 0.4) is 0 Å². The SMILES string of the molecule is Cc1nc(SCc2ccc(Cl)cc2)c2c3c(sc2n1)CCCC3. The molecule has 0 atom stereocenters. The molecule has 0 fully saturated rings. The molecule has 2 aromatic heterocycles. The van der Waals surface area contributed by atoms with Gasteiger partial charge >= 0.3 is 0 Å². The van der Waals surface area contributed by atoms with Gasteiger partial charge in [0.05, 0.1) is 0 Å². The molecule has 0 radical (unpaired) electrons. The minimum absolute atomic E-state index is 0.783. The molecule has 0 bridgehead atoms. The van der Waals surface area contributed by atoms with Crippen LogP contribution in [0.15, 0.2) is 29.3 Å². The van der Waals surface area contributed by atoms with E-state index < -0.39 is 0 Å². The van der Waals surface area contributed by atoms with Gasteiger partial charge in [-0.05, 0) is 55.9 Å². The lowest BCUT2D eigenvalue weighted by molar-refractivity contribution is 0.699. The number of hydrogen-bond donors (Lipinski definition) is 0. The zero-order chi connectivity index (χ0) is 15.8. The van der Waals surface area contributed by atoms with Gasteiger partial charge in [0.25, 0.3) is 0 Å². The Morgan fingerprint density at radius 1 is 1.13 bits per heavy atom. The van der Waals surface area contributed by atoms with Crippen LogP contribution in [0, 0.1) is 6.92 Å². The fraction of sp³-hybridized carbons (Fsp3) is 0.333. The molecule has 3 aromatic rings. The summed E-state index contributed by atoms with van der Waals surface area (Å²) < 4.78 is 0. The van der Waals surface area contributed by atoms with E-state index in [9.17, 15) is 0 Å². The van der Waals surface area contributed by atoms with Crippen LogP contribution in [-0.4, -0.2) is 9.97 Å². The molecule has 118 valence electrons. The number of halogens is 1. The third-order valence-corrected chi connectivity index (χ3v) is 6.67. The van der Waals surface area contributed by atoms with E-state index >= 15 is 0 Å². The summed E-state index contributed by atoms with van der Waals surface area (Å²) in [7, 11) is 0. The van der Waals surface area contributed by atoms with Crippen molar-refractivity contribution in [1.82, 2.24) is 9.97 Å². The minimum Gasteiger partial charge on any atom is -0.226 e. The van der Waals surface area contributed by atoms with Gasteiger partial charge in [-0.3, -0.25) is 0 Å². The van der Waals surface area contributed by atoms with Gasteiger partial charge in [-0.15, -0.1) is 23.1 Å². The van der Waals surface area contributed by atoms with E-state index in [1.807, 2.05) is 42.2 Å². The molecule has 0 aliphatic heterocycles. The van der Waals surface area contributed by atoms with Crippen molar-refractivity contribution in [3.05, 3.63) is 51.1 Å². The number of nitrogens with zero attached hydrogens (tertiary/aromatic N) is 2. The third kappa shape index (κ3) is 3.12. The monoisotopic (exact) mass is 360 g/mol. The van der Waals surface area contributed by atoms with Crippen molar-refractivity contribution in [2.75, 3.05) is 0 Å². The Labute approximate surface area is 149 Å². The highest BCUT2D eigenvalue weighted by Crippen LogP contribution is 2.40. The van der Waals surface area contributed by atoms with Gasteiger partial charge in [0.1, 0.15) is 15.7 Å². The van der Waals surface area contributed by atoms with E-state index in [0.29, 0.717) is 0 Å². The average Bonchev–Trinajstić information content (AvgIpc) is 2.92. The van der Waals surface area contributed by atoms with Crippen molar-refractivity contribution < 1.29 is 0 Å². The van der Waals surface area contributed by atoms with E-state index in [2.05, 4.69) is 17.1 Å². The molecule has 2 heterocycles. The first-order valence-electron chi connectivity index (χ1n) is 7.87. The molecule has 0 N–H and O–H groups in total. The van der Waals surface area contributed by atoms with Crippen molar-refractivity contribution >= 4 is 44.9 Å². The Morgan fingerprint density at radius 2 is 1.91 bits per heavy atom. The lowest BCUT2D eigenvalue weighted by Crippen LogP contribution is -1.99. The molecule has 0 saturated carbocycles. The second-order valence-corrected chi connectivity index (χ2v) is 8.37. The summed E-state index contributed by atoms with van der Waals surface area (Å²) in [6.07, 6.45) is 4.97. The molecule has 2 nitrogen and oxygen atoms in total. The molecular formula is C18H17ClN2S2. The zero-order valence-corrected chi connectivity index (χ0v) is 15.3. The maximum atomic E-state index is 5.97. The molecule has 1 aliphatic carbocycles. The van der Waals surface area contributed by atoms with Crippen LogP contribution in [0.2, 0.25) is 5.02 Å². The standard InChI is InChI=1S/C18H17ClN2S2/c1-11-20-17(22-10-12-6-8-13(19)9-7-12)16-14-4-2-3-5-15(14)23-18(16)21-11/h6-9H,2-5,10H2,1H3. The Kier molecular flexibility index (Phi) is 4.31. The maximum Gasteiger partial charge on any atom is 0.128 e. The molecule has 1 aromatic carbocycles. The minimum atomic E-state index is 0.783. The molecule has 5 heteroatoms. The highest BCUT2D eigenvalue weighted by Gasteiger charge is 2.20. The predicted molar refractivity (Wildman–Crippen MR) is 99.8 cm³/mol. The topological polar surface area (TPSA) is 25.8 Å². The van der Waals surface area contributed by atoms with Gasteiger partial charge in [-0.1, -0.05) is 23.7 Å². The number of aryl methyl sites for hydroxylation is 3. The molecule has 0 amide bonds. The van der Waals surface area contributed by atoms with Crippen LogP contribution in [-0.2, 0) is 18.6 Å². The van der Waals surface area contributed by atoms with E-state index in [0.717, 1.165) is 21.6 Å². The van der Waals surface area contributed by atoms with Crippen molar-refractivity contribution in [3.63, 3.8) is 0 Å². The van der Waals surface area contributed by atoms with Crippen LogP contribution >= 0.6 is 34.7 Å². The Morgan fingerprint density at radius 3 is 2.74 bits per heavy atom. The zero-order valence-electron chi connectivity index (χ0n) is 12.9. The summed E-state index contributed by atoms with van der Waals surface area (Å²) in [6, 6.07) is 8.07. The van der Waals surface area contributed by atoms with E-state index in [-0.39, 0.29) is 0 Å². The largest absolute Gasteiger partial charge is 0.226 e. The molecule has 1 aliphatic rings. The van der Waals surface area contributed by atoms with Crippen molar-refractivity contribution in [1.29, 1.82) is 0 Å². The number of hydrogen-bond acceptors (Lipinski definition) is 4. The maximum absolute atomic E-state index is 5.97. The first-order valence-corrected chi connectivity index (χ1v) is 10.0. The normalized spacial score (nSPS) is 14.2. The average molecular weight is 361 g/mol. The van der Waals surface area contributed by atoms with Crippen LogP contribution in [0.25, 0.3) is 10.2 Å². The quantitative estimate of drug-likeness (QED) is 0.434. The van der Waals surface area contributed by atoms with E-state index in [1.54, 1.807) is 0 Å². The second kappa shape index (κ2) is 6.42. The number of thioether (sulfide) groups is 1. The Hall–Kier alpha value is -1.10. The Bertz CT molecular complexity index is 856. The fourth-order valence-corrected chi connectivity index (χ4v) is 5.62. The summed E-state index contributed by atoms with van der Waals surface area (Å²) in [4.78, 5) is 12.1. The summed E-state index contributed by atoms with van der Waals surface area (Å²) in [6.45, 7) is 1.99. The van der Waals surface area contributed by atoms with Gasteiger partial charge in [0.15, 0.2) is 0 Å². The van der Waals surface area contributed by atoms with E-state index in [4.69, 9.17) is 16.6 Å². The highest BCUT2D eigenvalue weighted by molar-refractivity contribution is 7.98. The van der Waals surface area contributed by atoms with Crippen LogP contribution in [0.4, 0.5) is 0 Å². The number of aromatic nitrogens is 2. The lowest BCUT2D eigenvalue weighted by atomic mass is 9.97. The summed E-state index contributed by atoms with van der Waals surface area (Å²) in [5.74, 6) is 1.78. The number of thiophene rings is 1. The predicted octanol–water partition coefficient (Wildman–Crippen LogP) is 5.82. The van der Waals surface area contributed by atoms with Gasteiger partial charge in [-0.2, -0.15) is 0 Å².